The molecule has 0 saturated carbocycles. The lowest BCUT2D eigenvalue weighted by Crippen LogP contribution is -2.52. The highest BCUT2D eigenvalue weighted by Crippen LogP contribution is 2.31. The molecule has 1 aliphatic heterocycles. The fraction of sp³-hybridized carbons (Fsp3) is 0.545. The third-order valence-electron chi connectivity index (χ3n) is 8.12. The molecule has 1 saturated heterocycles. The van der Waals surface area contributed by atoms with Gasteiger partial charge in [0.2, 0.25) is 5.91 Å². The molecule has 2 atom stereocenters. The largest absolute Gasteiger partial charge is 0.390 e. The SMILES string of the molecule is CCn1cnc2c(N3CCCC3=O)cc(C(=O)N[C@@H](Cc3ccccc3)[C@H](O)CNC(C)(C)CCCC(C)C)cc21. The van der Waals surface area contributed by atoms with Crippen molar-refractivity contribution in [1.82, 2.24) is 20.2 Å². The zero-order chi connectivity index (χ0) is 29.6. The summed E-state index contributed by atoms with van der Waals surface area (Å²) in [6, 6.07) is 13.0. The van der Waals surface area contributed by atoms with Crippen LogP contribution in [0.3, 0.4) is 0 Å². The highest BCUT2D eigenvalue weighted by molar-refractivity contribution is 6.07. The molecule has 3 N–H and O–H groups in total. The average molecular weight is 562 g/mol. The number of nitrogens with zero attached hydrogens (tertiary/aromatic N) is 3. The van der Waals surface area contributed by atoms with Crippen molar-refractivity contribution in [3.63, 3.8) is 0 Å². The Morgan fingerprint density at radius 2 is 1.93 bits per heavy atom. The molecule has 2 aromatic carbocycles. The number of benzene rings is 2. The zero-order valence-corrected chi connectivity index (χ0v) is 25.3. The first-order chi connectivity index (χ1) is 19.6. The van der Waals surface area contributed by atoms with Crippen molar-refractivity contribution in [1.29, 1.82) is 0 Å². The molecule has 41 heavy (non-hydrogen) atoms. The molecule has 8 heteroatoms. The van der Waals surface area contributed by atoms with Crippen molar-refractivity contribution in [3.8, 4) is 0 Å². The number of nitrogens with one attached hydrogen (secondary N) is 2. The molecular formula is C33H47N5O3. The molecule has 0 radical (unpaired) electrons. The molecule has 2 amide bonds. The highest BCUT2D eigenvalue weighted by Gasteiger charge is 2.28. The summed E-state index contributed by atoms with van der Waals surface area (Å²) >= 11 is 0. The maximum atomic E-state index is 13.8. The van der Waals surface area contributed by atoms with Crippen LogP contribution in [0.1, 0.15) is 82.6 Å². The topological polar surface area (TPSA) is 99.5 Å². The van der Waals surface area contributed by atoms with E-state index in [0.29, 0.717) is 49.6 Å². The second-order valence-electron chi connectivity index (χ2n) is 12.4. The molecule has 2 heterocycles. The van der Waals surface area contributed by atoms with Gasteiger partial charge in [0.15, 0.2) is 0 Å². The second-order valence-corrected chi connectivity index (χ2v) is 12.4. The van der Waals surface area contributed by atoms with Crippen molar-refractivity contribution in [2.24, 2.45) is 5.92 Å². The number of amides is 2. The van der Waals surface area contributed by atoms with E-state index in [1.54, 1.807) is 17.3 Å². The van der Waals surface area contributed by atoms with Gasteiger partial charge in [-0.05, 0) is 63.6 Å². The van der Waals surface area contributed by atoms with Gasteiger partial charge in [-0.2, -0.15) is 0 Å². The molecule has 0 spiro atoms. The van der Waals surface area contributed by atoms with E-state index in [9.17, 15) is 14.7 Å². The quantitative estimate of drug-likeness (QED) is 0.255. The van der Waals surface area contributed by atoms with Gasteiger partial charge in [0.25, 0.3) is 5.91 Å². The van der Waals surface area contributed by atoms with Gasteiger partial charge < -0.3 is 25.2 Å². The Morgan fingerprint density at radius 1 is 1.17 bits per heavy atom. The van der Waals surface area contributed by atoms with E-state index >= 15 is 0 Å². The van der Waals surface area contributed by atoms with E-state index in [-0.39, 0.29) is 17.4 Å². The fourth-order valence-corrected chi connectivity index (χ4v) is 5.60. The Kier molecular flexibility index (Phi) is 10.2. The van der Waals surface area contributed by atoms with Gasteiger partial charge in [-0.15, -0.1) is 0 Å². The number of fused-ring (bicyclic) bond motifs is 1. The van der Waals surface area contributed by atoms with Gasteiger partial charge >= 0.3 is 0 Å². The van der Waals surface area contributed by atoms with Crippen LogP contribution in [-0.4, -0.2) is 57.2 Å². The number of rotatable bonds is 14. The van der Waals surface area contributed by atoms with Crippen LogP contribution in [-0.2, 0) is 17.8 Å². The predicted octanol–water partition coefficient (Wildman–Crippen LogP) is 5.08. The van der Waals surface area contributed by atoms with E-state index in [0.717, 1.165) is 35.9 Å². The summed E-state index contributed by atoms with van der Waals surface area (Å²) in [5.74, 6) is 0.440. The Morgan fingerprint density at radius 3 is 2.59 bits per heavy atom. The normalized spacial score (nSPS) is 15.6. The van der Waals surface area contributed by atoms with E-state index in [1.165, 1.54) is 6.42 Å². The molecule has 4 rings (SSSR count). The predicted molar refractivity (Wildman–Crippen MR) is 165 cm³/mol. The van der Waals surface area contributed by atoms with Crippen molar-refractivity contribution >= 4 is 28.5 Å². The molecular weight excluding hydrogens is 514 g/mol. The van der Waals surface area contributed by atoms with E-state index < -0.39 is 12.1 Å². The summed E-state index contributed by atoms with van der Waals surface area (Å²) in [5, 5.41) is 18.1. The molecule has 0 aliphatic carbocycles. The highest BCUT2D eigenvalue weighted by atomic mass is 16.3. The van der Waals surface area contributed by atoms with Crippen LogP contribution >= 0.6 is 0 Å². The smallest absolute Gasteiger partial charge is 0.251 e. The standard InChI is InChI=1S/C33H47N5O3/c1-6-37-22-34-31-27(37)19-25(20-28(31)38-17-11-15-30(38)40)32(41)36-26(18-24-13-8-7-9-14-24)29(39)21-35-33(4,5)16-10-12-23(2)3/h7-9,13-14,19-20,22-23,26,29,35,39H,6,10-12,15-18,21H2,1-5H3,(H,36,41)/t26-,29+/m0/s1. The third-order valence-corrected chi connectivity index (χ3v) is 8.12. The first kappa shape index (κ1) is 30.7. The van der Waals surface area contributed by atoms with E-state index in [4.69, 9.17) is 0 Å². The number of carbonyl (C=O) groups is 2. The first-order valence-electron chi connectivity index (χ1n) is 15.1. The van der Waals surface area contributed by atoms with Crippen LogP contribution in [0.15, 0.2) is 48.8 Å². The van der Waals surface area contributed by atoms with Crippen LogP contribution in [0.25, 0.3) is 11.0 Å². The Labute approximate surface area is 244 Å². The van der Waals surface area contributed by atoms with Crippen molar-refractivity contribution < 1.29 is 14.7 Å². The number of aromatic nitrogens is 2. The van der Waals surface area contributed by atoms with E-state index in [2.05, 4.69) is 43.3 Å². The van der Waals surface area contributed by atoms with E-state index in [1.807, 2.05) is 47.9 Å². The molecule has 222 valence electrons. The number of hydrogen-bond donors (Lipinski definition) is 3. The monoisotopic (exact) mass is 561 g/mol. The summed E-state index contributed by atoms with van der Waals surface area (Å²) in [5.41, 5.74) is 3.58. The van der Waals surface area contributed by atoms with Crippen LogP contribution < -0.4 is 15.5 Å². The minimum Gasteiger partial charge on any atom is -0.390 e. The van der Waals surface area contributed by atoms with Gasteiger partial charge in [-0.25, -0.2) is 4.98 Å². The Balaban J connectivity index is 1.56. The maximum Gasteiger partial charge on any atom is 0.251 e. The molecule has 1 fully saturated rings. The number of hydrogen-bond acceptors (Lipinski definition) is 5. The minimum atomic E-state index is -0.798. The van der Waals surface area contributed by atoms with Crippen molar-refractivity contribution in [2.75, 3.05) is 18.0 Å². The number of imidazole rings is 1. The summed E-state index contributed by atoms with van der Waals surface area (Å²) in [6.45, 7) is 12.5. The number of carbonyl (C=O) groups excluding carboxylic acids is 2. The third kappa shape index (κ3) is 7.95. The number of β-amino-alcohol motifs (C(OH)–C–C–N with tert-alkyl or cyclic N) is 1. The summed E-state index contributed by atoms with van der Waals surface area (Å²) in [6.07, 6.45) is 6.05. The lowest BCUT2D eigenvalue weighted by molar-refractivity contribution is -0.117. The molecule has 0 bridgehead atoms. The Bertz CT molecular complexity index is 1320. The molecule has 0 unspecified atom stereocenters. The lowest BCUT2D eigenvalue weighted by atomic mass is 9.93. The lowest BCUT2D eigenvalue weighted by Gasteiger charge is -2.31. The number of aryl methyl sites for hydroxylation is 1. The average Bonchev–Trinajstić information content (AvgIpc) is 3.56. The van der Waals surface area contributed by atoms with Crippen LogP contribution in [0.4, 0.5) is 5.69 Å². The van der Waals surface area contributed by atoms with Crippen molar-refractivity contribution in [3.05, 3.63) is 59.9 Å². The van der Waals surface area contributed by atoms with Crippen molar-refractivity contribution in [2.45, 2.75) is 97.4 Å². The van der Waals surface area contributed by atoms with Gasteiger partial charge in [-0.3, -0.25) is 9.59 Å². The molecule has 1 aromatic heterocycles. The Hall–Kier alpha value is -3.23. The van der Waals surface area contributed by atoms with Gasteiger partial charge in [0.1, 0.15) is 5.52 Å². The van der Waals surface area contributed by atoms with Crippen LogP contribution in [0.5, 0.6) is 0 Å². The molecule has 1 aliphatic rings. The molecule has 3 aromatic rings. The minimum absolute atomic E-state index is 0.0503. The summed E-state index contributed by atoms with van der Waals surface area (Å²) in [4.78, 5) is 32.8. The molecule has 8 nitrogen and oxygen atoms in total. The maximum absolute atomic E-state index is 13.8. The van der Waals surface area contributed by atoms with Gasteiger partial charge in [0, 0.05) is 37.2 Å². The van der Waals surface area contributed by atoms with Crippen LogP contribution in [0.2, 0.25) is 0 Å². The fourth-order valence-electron chi connectivity index (χ4n) is 5.60. The summed E-state index contributed by atoms with van der Waals surface area (Å²) in [7, 11) is 0. The first-order valence-corrected chi connectivity index (χ1v) is 15.1. The van der Waals surface area contributed by atoms with Gasteiger partial charge in [-0.1, -0.05) is 57.0 Å². The number of aliphatic hydroxyl groups is 1. The number of anilines is 1. The van der Waals surface area contributed by atoms with Crippen LogP contribution in [0, 0.1) is 5.92 Å². The van der Waals surface area contributed by atoms with Gasteiger partial charge in [0.05, 0.1) is 29.7 Å². The summed E-state index contributed by atoms with van der Waals surface area (Å²) < 4.78 is 1.98. The zero-order valence-electron chi connectivity index (χ0n) is 25.3. The number of aliphatic hydroxyl groups excluding tert-OH is 1. The second kappa shape index (κ2) is 13.6.